The molecule has 1 rings (SSSR count). The molecule has 0 spiro atoms. The van der Waals surface area contributed by atoms with E-state index in [2.05, 4.69) is 5.32 Å². The Kier molecular flexibility index (Phi) is 5.25. The lowest BCUT2D eigenvalue weighted by molar-refractivity contribution is -0.118. The van der Waals surface area contributed by atoms with Crippen molar-refractivity contribution in [1.82, 2.24) is 0 Å². The largest absolute Gasteiger partial charge is 0.323 e. The minimum atomic E-state index is -0.535. The van der Waals surface area contributed by atoms with E-state index in [-0.39, 0.29) is 11.8 Å². The summed E-state index contributed by atoms with van der Waals surface area (Å²) in [5.41, 5.74) is 6.35. The van der Waals surface area contributed by atoms with Crippen LogP contribution in [-0.2, 0) is 4.79 Å². The molecule has 0 aliphatic rings. The zero-order valence-electron chi connectivity index (χ0n) is 9.84. The normalized spacial score (nSPS) is 14.2. The van der Waals surface area contributed by atoms with Gasteiger partial charge in [0.2, 0.25) is 5.91 Å². The molecule has 1 amide bonds. The molecule has 0 saturated heterocycles. The molecule has 0 aliphatic carbocycles. The molecule has 0 radical (unpaired) electrons. The van der Waals surface area contributed by atoms with Crippen LogP contribution in [0.2, 0.25) is 10.0 Å². The van der Waals surface area contributed by atoms with Crippen LogP contribution < -0.4 is 11.1 Å². The van der Waals surface area contributed by atoms with Crippen molar-refractivity contribution in [3.63, 3.8) is 0 Å². The second kappa shape index (κ2) is 6.24. The van der Waals surface area contributed by atoms with E-state index in [9.17, 15) is 4.79 Å². The first-order valence-corrected chi connectivity index (χ1v) is 6.22. The number of amides is 1. The molecule has 3 N–H and O–H groups in total. The van der Waals surface area contributed by atoms with E-state index < -0.39 is 6.04 Å². The Morgan fingerprint density at radius 1 is 1.47 bits per heavy atom. The summed E-state index contributed by atoms with van der Waals surface area (Å²) < 4.78 is 0. The molecule has 0 heterocycles. The predicted octanol–water partition coefficient (Wildman–Crippen LogP) is 3.31. The van der Waals surface area contributed by atoms with Gasteiger partial charge in [0.1, 0.15) is 0 Å². The third-order valence-corrected chi connectivity index (χ3v) is 3.30. The number of carbonyl (C=O) groups is 1. The molecule has 5 heteroatoms. The smallest absolute Gasteiger partial charge is 0.241 e. The van der Waals surface area contributed by atoms with E-state index in [1.54, 1.807) is 18.2 Å². The minimum Gasteiger partial charge on any atom is -0.323 e. The quantitative estimate of drug-likeness (QED) is 0.885. The lowest BCUT2D eigenvalue weighted by atomic mass is 9.99. The molecule has 2 unspecified atom stereocenters. The summed E-state index contributed by atoms with van der Waals surface area (Å²) in [6.07, 6.45) is 0.850. The molecule has 0 aliphatic heterocycles. The summed E-state index contributed by atoms with van der Waals surface area (Å²) in [5, 5.41) is 3.63. The SMILES string of the molecule is CCC(C)C(N)C(=O)Nc1ccc(Cl)cc1Cl. The lowest BCUT2D eigenvalue weighted by Gasteiger charge is -2.18. The molecular weight excluding hydrogens is 259 g/mol. The summed E-state index contributed by atoms with van der Waals surface area (Å²) in [5.74, 6) is -0.107. The number of anilines is 1. The molecule has 1 aromatic rings. The summed E-state index contributed by atoms with van der Waals surface area (Å²) in [4.78, 5) is 11.8. The van der Waals surface area contributed by atoms with E-state index in [0.29, 0.717) is 15.7 Å². The average Bonchev–Trinajstić information content (AvgIpc) is 2.30. The molecule has 94 valence electrons. The molecule has 0 aromatic heterocycles. The van der Waals surface area contributed by atoms with Gasteiger partial charge in [0.05, 0.1) is 16.8 Å². The zero-order valence-corrected chi connectivity index (χ0v) is 11.3. The molecule has 3 nitrogen and oxygen atoms in total. The number of nitrogens with one attached hydrogen (secondary N) is 1. The van der Waals surface area contributed by atoms with Crippen molar-refractivity contribution in [2.75, 3.05) is 5.32 Å². The van der Waals surface area contributed by atoms with Gasteiger partial charge in [-0.1, -0.05) is 43.5 Å². The van der Waals surface area contributed by atoms with E-state index in [4.69, 9.17) is 28.9 Å². The molecule has 2 atom stereocenters. The number of carbonyl (C=O) groups excluding carboxylic acids is 1. The zero-order chi connectivity index (χ0) is 13.0. The Morgan fingerprint density at radius 3 is 2.65 bits per heavy atom. The Balaban J connectivity index is 2.74. The second-order valence-corrected chi connectivity index (χ2v) is 4.87. The number of hydrogen-bond acceptors (Lipinski definition) is 2. The van der Waals surface area contributed by atoms with Crippen molar-refractivity contribution in [3.05, 3.63) is 28.2 Å². The first-order valence-electron chi connectivity index (χ1n) is 5.47. The summed E-state index contributed by atoms with van der Waals surface area (Å²) in [6, 6.07) is 4.36. The fourth-order valence-corrected chi connectivity index (χ4v) is 1.77. The van der Waals surface area contributed by atoms with Crippen LogP contribution in [0.5, 0.6) is 0 Å². The Labute approximate surface area is 111 Å². The van der Waals surface area contributed by atoms with Crippen molar-refractivity contribution in [2.45, 2.75) is 26.3 Å². The van der Waals surface area contributed by atoms with Crippen LogP contribution in [0.15, 0.2) is 18.2 Å². The van der Waals surface area contributed by atoms with Gasteiger partial charge in [-0.05, 0) is 24.1 Å². The van der Waals surface area contributed by atoms with Crippen molar-refractivity contribution < 1.29 is 4.79 Å². The number of halogens is 2. The monoisotopic (exact) mass is 274 g/mol. The standard InChI is InChI=1S/C12H16Cl2N2O/c1-3-7(2)11(15)12(17)16-10-5-4-8(13)6-9(10)14/h4-7,11H,3,15H2,1-2H3,(H,16,17). The third kappa shape index (κ3) is 3.87. The Bertz CT molecular complexity index is 409. The van der Waals surface area contributed by atoms with E-state index in [0.717, 1.165) is 6.42 Å². The minimum absolute atomic E-state index is 0.126. The molecular formula is C12H16Cl2N2O. The molecule has 17 heavy (non-hydrogen) atoms. The van der Waals surface area contributed by atoms with Crippen LogP contribution >= 0.6 is 23.2 Å². The Hall–Kier alpha value is -0.770. The van der Waals surface area contributed by atoms with Gasteiger partial charge in [-0.2, -0.15) is 0 Å². The van der Waals surface area contributed by atoms with E-state index >= 15 is 0 Å². The van der Waals surface area contributed by atoms with Crippen LogP contribution in [-0.4, -0.2) is 11.9 Å². The maximum absolute atomic E-state index is 11.8. The maximum atomic E-state index is 11.8. The summed E-state index contributed by atoms with van der Waals surface area (Å²) >= 11 is 11.7. The van der Waals surface area contributed by atoms with E-state index in [1.807, 2.05) is 13.8 Å². The third-order valence-electron chi connectivity index (χ3n) is 2.75. The topological polar surface area (TPSA) is 55.1 Å². The molecule has 0 saturated carbocycles. The van der Waals surface area contributed by atoms with Crippen molar-refractivity contribution in [3.8, 4) is 0 Å². The number of nitrogens with two attached hydrogens (primary N) is 1. The predicted molar refractivity (Wildman–Crippen MR) is 72.5 cm³/mol. The highest BCUT2D eigenvalue weighted by Crippen LogP contribution is 2.25. The summed E-state index contributed by atoms with van der Waals surface area (Å²) in [6.45, 7) is 3.93. The maximum Gasteiger partial charge on any atom is 0.241 e. The van der Waals surface area contributed by atoms with Crippen molar-refractivity contribution in [2.24, 2.45) is 11.7 Å². The van der Waals surface area contributed by atoms with Crippen LogP contribution in [0, 0.1) is 5.92 Å². The molecule has 0 fully saturated rings. The fourth-order valence-electron chi connectivity index (χ4n) is 1.32. The lowest BCUT2D eigenvalue weighted by Crippen LogP contribution is -2.40. The van der Waals surface area contributed by atoms with Gasteiger partial charge < -0.3 is 11.1 Å². The van der Waals surface area contributed by atoms with Gasteiger partial charge in [-0.15, -0.1) is 0 Å². The highest BCUT2D eigenvalue weighted by atomic mass is 35.5. The molecule has 0 bridgehead atoms. The van der Waals surface area contributed by atoms with Crippen LogP contribution in [0.1, 0.15) is 20.3 Å². The number of rotatable bonds is 4. The van der Waals surface area contributed by atoms with Gasteiger partial charge in [0.25, 0.3) is 0 Å². The van der Waals surface area contributed by atoms with Gasteiger partial charge in [0, 0.05) is 5.02 Å². The van der Waals surface area contributed by atoms with Gasteiger partial charge >= 0.3 is 0 Å². The van der Waals surface area contributed by atoms with Gasteiger partial charge in [-0.25, -0.2) is 0 Å². The van der Waals surface area contributed by atoms with E-state index in [1.165, 1.54) is 0 Å². The van der Waals surface area contributed by atoms with Gasteiger partial charge in [0.15, 0.2) is 0 Å². The Morgan fingerprint density at radius 2 is 2.12 bits per heavy atom. The first kappa shape index (κ1) is 14.3. The highest BCUT2D eigenvalue weighted by molar-refractivity contribution is 6.36. The average molecular weight is 275 g/mol. The van der Waals surface area contributed by atoms with Crippen molar-refractivity contribution >= 4 is 34.8 Å². The first-order chi connectivity index (χ1) is 7.95. The van der Waals surface area contributed by atoms with Crippen LogP contribution in [0.25, 0.3) is 0 Å². The van der Waals surface area contributed by atoms with Crippen LogP contribution in [0.4, 0.5) is 5.69 Å². The van der Waals surface area contributed by atoms with Crippen LogP contribution in [0.3, 0.4) is 0 Å². The molecule has 1 aromatic carbocycles. The fraction of sp³-hybridized carbons (Fsp3) is 0.417. The number of hydrogen-bond donors (Lipinski definition) is 2. The summed E-state index contributed by atoms with van der Waals surface area (Å²) in [7, 11) is 0. The highest BCUT2D eigenvalue weighted by Gasteiger charge is 2.20. The number of benzene rings is 1. The van der Waals surface area contributed by atoms with Gasteiger partial charge in [-0.3, -0.25) is 4.79 Å². The second-order valence-electron chi connectivity index (χ2n) is 4.02. The van der Waals surface area contributed by atoms with Crippen molar-refractivity contribution in [1.29, 1.82) is 0 Å².